The Labute approximate surface area is 116 Å². The lowest BCUT2D eigenvalue weighted by Gasteiger charge is -2.27. The summed E-state index contributed by atoms with van der Waals surface area (Å²) in [6.45, 7) is 5.43. The zero-order valence-corrected chi connectivity index (χ0v) is 12.5. The van der Waals surface area contributed by atoms with Gasteiger partial charge in [-0.15, -0.1) is 0 Å². The molecule has 1 aliphatic rings. The van der Waals surface area contributed by atoms with Gasteiger partial charge >= 0.3 is 0 Å². The van der Waals surface area contributed by atoms with E-state index in [1.165, 1.54) is 18.9 Å². The normalized spacial score (nSPS) is 15.2. The predicted molar refractivity (Wildman–Crippen MR) is 78.3 cm³/mol. The minimum Gasteiger partial charge on any atom is -0.397 e. The smallest absolute Gasteiger partial charge is 0.139 e. The molecule has 0 unspecified atom stereocenters. The number of anilines is 2. The number of nitrogens with zero attached hydrogens (tertiary/aromatic N) is 1. The Morgan fingerprint density at radius 3 is 2.67 bits per heavy atom. The Morgan fingerprint density at radius 2 is 2.11 bits per heavy atom. The molecule has 0 atom stereocenters. The van der Waals surface area contributed by atoms with E-state index in [1.807, 2.05) is 6.07 Å². The van der Waals surface area contributed by atoms with E-state index in [-0.39, 0.29) is 5.82 Å². The molecule has 0 bridgehead atoms. The summed E-state index contributed by atoms with van der Waals surface area (Å²) in [5, 5.41) is 0. The Kier molecular flexibility index (Phi) is 4.15. The third-order valence-corrected chi connectivity index (χ3v) is 3.92. The molecule has 1 saturated carbocycles. The highest BCUT2D eigenvalue weighted by molar-refractivity contribution is 9.10. The first-order valence-electron chi connectivity index (χ1n) is 6.50. The third kappa shape index (κ3) is 3.16. The van der Waals surface area contributed by atoms with Crippen molar-refractivity contribution in [2.24, 2.45) is 5.92 Å². The van der Waals surface area contributed by atoms with Gasteiger partial charge in [0.25, 0.3) is 0 Å². The maximum atomic E-state index is 13.4. The minimum absolute atomic E-state index is 0.296. The average molecular weight is 315 g/mol. The van der Waals surface area contributed by atoms with E-state index in [0.717, 1.165) is 18.7 Å². The zero-order valence-electron chi connectivity index (χ0n) is 10.9. The van der Waals surface area contributed by atoms with Gasteiger partial charge in [0.1, 0.15) is 5.82 Å². The molecule has 100 valence electrons. The largest absolute Gasteiger partial charge is 0.397 e. The van der Waals surface area contributed by atoms with Crippen LogP contribution in [0.3, 0.4) is 0 Å². The summed E-state index contributed by atoms with van der Waals surface area (Å²) in [6.07, 6.45) is 3.56. The van der Waals surface area contributed by atoms with Crippen LogP contribution < -0.4 is 10.6 Å². The van der Waals surface area contributed by atoms with Gasteiger partial charge in [0, 0.05) is 18.7 Å². The van der Waals surface area contributed by atoms with Crippen LogP contribution in [0.25, 0.3) is 0 Å². The van der Waals surface area contributed by atoms with Crippen LogP contribution in [0.5, 0.6) is 0 Å². The van der Waals surface area contributed by atoms with Crippen LogP contribution in [-0.2, 0) is 0 Å². The van der Waals surface area contributed by atoms with Crippen molar-refractivity contribution in [3.8, 4) is 0 Å². The summed E-state index contributed by atoms with van der Waals surface area (Å²) in [7, 11) is 0. The summed E-state index contributed by atoms with van der Waals surface area (Å²) >= 11 is 3.24. The van der Waals surface area contributed by atoms with Crippen LogP contribution in [0.2, 0.25) is 0 Å². The molecule has 2 N–H and O–H groups in total. The lowest BCUT2D eigenvalue weighted by atomic mass is 10.1. The quantitative estimate of drug-likeness (QED) is 0.826. The second-order valence-corrected chi connectivity index (χ2v) is 6.29. The fraction of sp³-hybridized carbons (Fsp3) is 0.571. The molecular formula is C14H20BrFN2. The average Bonchev–Trinajstić information content (AvgIpc) is 3.09. The Hall–Kier alpha value is -0.770. The maximum Gasteiger partial charge on any atom is 0.139 e. The lowest BCUT2D eigenvalue weighted by Crippen LogP contribution is -2.28. The van der Waals surface area contributed by atoms with E-state index in [2.05, 4.69) is 34.7 Å². The van der Waals surface area contributed by atoms with Gasteiger partial charge in [-0.25, -0.2) is 4.39 Å². The topological polar surface area (TPSA) is 29.3 Å². The van der Waals surface area contributed by atoms with E-state index in [1.54, 1.807) is 0 Å². The number of nitrogen functional groups attached to an aromatic ring is 1. The number of hydrogen-bond acceptors (Lipinski definition) is 2. The third-order valence-electron chi connectivity index (χ3n) is 3.31. The molecule has 0 saturated heterocycles. The first-order chi connectivity index (χ1) is 8.49. The first-order valence-corrected chi connectivity index (χ1v) is 7.29. The zero-order chi connectivity index (χ0) is 13.3. The highest BCUT2D eigenvalue weighted by Gasteiger charge is 2.30. The molecule has 18 heavy (non-hydrogen) atoms. The number of halogens is 2. The molecule has 0 aliphatic heterocycles. The second kappa shape index (κ2) is 5.47. The summed E-state index contributed by atoms with van der Waals surface area (Å²) < 4.78 is 13.9. The second-order valence-electron chi connectivity index (χ2n) is 5.43. The maximum absolute atomic E-state index is 13.4. The summed E-state index contributed by atoms with van der Waals surface area (Å²) in [5.41, 5.74) is 7.46. The van der Waals surface area contributed by atoms with Gasteiger partial charge in [-0.2, -0.15) is 0 Å². The van der Waals surface area contributed by atoms with Crippen molar-refractivity contribution in [3.63, 3.8) is 0 Å². The van der Waals surface area contributed by atoms with Crippen LogP contribution >= 0.6 is 15.9 Å². The molecule has 0 radical (unpaired) electrons. The van der Waals surface area contributed by atoms with Crippen LogP contribution in [0.4, 0.5) is 15.8 Å². The van der Waals surface area contributed by atoms with E-state index in [0.29, 0.717) is 22.1 Å². The Bertz CT molecular complexity index is 430. The fourth-order valence-electron chi connectivity index (χ4n) is 2.08. The molecule has 1 fully saturated rings. The van der Waals surface area contributed by atoms with Crippen molar-refractivity contribution < 1.29 is 4.39 Å². The monoisotopic (exact) mass is 314 g/mol. The summed E-state index contributed by atoms with van der Waals surface area (Å²) in [4.78, 5) is 2.33. The van der Waals surface area contributed by atoms with Crippen molar-refractivity contribution in [2.45, 2.75) is 39.2 Å². The van der Waals surface area contributed by atoms with E-state index >= 15 is 0 Å². The van der Waals surface area contributed by atoms with E-state index < -0.39 is 0 Å². The van der Waals surface area contributed by atoms with Crippen molar-refractivity contribution in [1.82, 2.24) is 0 Å². The Balaban J connectivity index is 2.22. The number of benzene rings is 1. The van der Waals surface area contributed by atoms with Crippen molar-refractivity contribution >= 4 is 27.3 Å². The Morgan fingerprint density at radius 1 is 1.44 bits per heavy atom. The number of rotatable bonds is 5. The molecule has 0 heterocycles. The number of hydrogen-bond donors (Lipinski definition) is 1. The highest BCUT2D eigenvalue weighted by Crippen LogP contribution is 2.37. The molecule has 0 amide bonds. The van der Waals surface area contributed by atoms with Crippen LogP contribution in [-0.4, -0.2) is 12.6 Å². The molecule has 1 aromatic carbocycles. The summed E-state index contributed by atoms with van der Waals surface area (Å²) in [6, 6.07) is 3.80. The van der Waals surface area contributed by atoms with Gasteiger partial charge in [0.05, 0.1) is 15.8 Å². The van der Waals surface area contributed by atoms with Gasteiger partial charge < -0.3 is 10.6 Å². The minimum atomic E-state index is -0.296. The molecule has 0 aromatic heterocycles. The van der Waals surface area contributed by atoms with Gasteiger partial charge in [-0.05, 0) is 47.2 Å². The lowest BCUT2D eigenvalue weighted by molar-refractivity contribution is 0.570. The van der Waals surface area contributed by atoms with Crippen LogP contribution in [0.15, 0.2) is 16.6 Å². The molecule has 4 heteroatoms. The highest BCUT2D eigenvalue weighted by atomic mass is 79.9. The van der Waals surface area contributed by atoms with Crippen molar-refractivity contribution in [1.29, 1.82) is 0 Å². The van der Waals surface area contributed by atoms with Crippen LogP contribution in [0, 0.1) is 11.7 Å². The van der Waals surface area contributed by atoms with Crippen LogP contribution in [0.1, 0.15) is 33.1 Å². The van der Waals surface area contributed by atoms with Crippen molar-refractivity contribution in [2.75, 3.05) is 17.2 Å². The molecule has 1 aromatic rings. The molecule has 2 nitrogen and oxygen atoms in total. The van der Waals surface area contributed by atoms with Gasteiger partial charge in [-0.1, -0.05) is 13.8 Å². The standard InChI is InChI=1S/C14H20BrFN2/c1-9(2)5-6-18(10-3-4-10)14-7-11(15)12(16)8-13(14)17/h7-10H,3-6,17H2,1-2H3. The summed E-state index contributed by atoms with van der Waals surface area (Å²) in [5.74, 6) is 0.368. The van der Waals surface area contributed by atoms with Gasteiger partial charge in [0.2, 0.25) is 0 Å². The van der Waals surface area contributed by atoms with E-state index in [9.17, 15) is 4.39 Å². The molecule has 1 aliphatic carbocycles. The number of nitrogens with two attached hydrogens (primary N) is 1. The molecular weight excluding hydrogens is 295 g/mol. The predicted octanol–water partition coefficient (Wildman–Crippen LogP) is 4.19. The molecule has 2 rings (SSSR count). The SMILES string of the molecule is CC(C)CCN(c1cc(Br)c(F)cc1N)C1CC1. The fourth-order valence-corrected chi connectivity index (χ4v) is 2.41. The van der Waals surface area contributed by atoms with Crippen molar-refractivity contribution in [3.05, 3.63) is 22.4 Å². The van der Waals surface area contributed by atoms with E-state index in [4.69, 9.17) is 5.73 Å². The van der Waals surface area contributed by atoms with Gasteiger partial charge in [-0.3, -0.25) is 0 Å². The first kappa shape index (κ1) is 13.7. The van der Waals surface area contributed by atoms with Gasteiger partial charge in [0.15, 0.2) is 0 Å². The molecule has 0 spiro atoms.